The van der Waals surface area contributed by atoms with Crippen molar-refractivity contribution in [3.63, 3.8) is 0 Å². The molecule has 106 valence electrons. The van der Waals surface area contributed by atoms with Crippen LogP contribution in [0.25, 0.3) is 0 Å². The number of aryl methyl sites for hydroxylation is 1. The standard InChI is InChI=1S/C15H17NO3S/c1-10-7-8-13(19-10)12(17)9-16-15(18)11-5-3-4-6-14(11)20-2/h3-8,12,17H,9H2,1-2H3,(H,16,18)/t12-/m1/s1. The van der Waals surface area contributed by atoms with E-state index >= 15 is 0 Å². The Morgan fingerprint density at radius 1 is 1.35 bits per heavy atom. The van der Waals surface area contributed by atoms with Gasteiger partial charge in [0.25, 0.3) is 5.91 Å². The van der Waals surface area contributed by atoms with Gasteiger partial charge in [0.05, 0.1) is 12.1 Å². The number of hydrogen-bond acceptors (Lipinski definition) is 4. The normalized spacial score (nSPS) is 12.2. The van der Waals surface area contributed by atoms with Crippen molar-refractivity contribution >= 4 is 17.7 Å². The smallest absolute Gasteiger partial charge is 0.252 e. The van der Waals surface area contributed by atoms with Crippen LogP contribution in [-0.2, 0) is 0 Å². The van der Waals surface area contributed by atoms with E-state index < -0.39 is 6.10 Å². The molecule has 20 heavy (non-hydrogen) atoms. The minimum absolute atomic E-state index is 0.120. The molecule has 0 bridgehead atoms. The molecule has 0 aliphatic carbocycles. The lowest BCUT2D eigenvalue weighted by molar-refractivity contribution is 0.0897. The highest BCUT2D eigenvalue weighted by atomic mass is 32.2. The van der Waals surface area contributed by atoms with E-state index in [9.17, 15) is 9.90 Å². The van der Waals surface area contributed by atoms with Gasteiger partial charge in [0.2, 0.25) is 0 Å². The monoisotopic (exact) mass is 291 g/mol. The predicted octanol–water partition coefficient (Wildman–Crippen LogP) is 2.77. The van der Waals surface area contributed by atoms with E-state index in [-0.39, 0.29) is 12.5 Å². The van der Waals surface area contributed by atoms with Crippen LogP contribution in [0.3, 0.4) is 0 Å². The maximum Gasteiger partial charge on any atom is 0.252 e. The summed E-state index contributed by atoms with van der Waals surface area (Å²) in [5.74, 6) is 0.997. The number of benzene rings is 1. The van der Waals surface area contributed by atoms with Crippen LogP contribution >= 0.6 is 11.8 Å². The highest BCUT2D eigenvalue weighted by molar-refractivity contribution is 7.98. The predicted molar refractivity (Wildman–Crippen MR) is 79.0 cm³/mol. The Bertz CT molecular complexity index is 594. The zero-order valence-corrected chi connectivity index (χ0v) is 12.2. The summed E-state index contributed by atoms with van der Waals surface area (Å²) in [7, 11) is 0. The maximum atomic E-state index is 12.1. The fourth-order valence-electron chi connectivity index (χ4n) is 1.85. The summed E-state index contributed by atoms with van der Waals surface area (Å²) in [5, 5.41) is 12.7. The van der Waals surface area contributed by atoms with E-state index in [0.29, 0.717) is 11.3 Å². The Labute approximate surface area is 122 Å². The van der Waals surface area contributed by atoms with Gasteiger partial charge in [-0.05, 0) is 37.4 Å². The van der Waals surface area contributed by atoms with Crippen LogP contribution in [0.5, 0.6) is 0 Å². The first-order valence-electron chi connectivity index (χ1n) is 6.27. The van der Waals surface area contributed by atoms with Gasteiger partial charge in [-0.15, -0.1) is 11.8 Å². The molecule has 1 heterocycles. The number of aliphatic hydroxyl groups is 1. The fraction of sp³-hybridized carbons (Fsp3) is 0.267. The van der Waals surface area contributed by atoms with Crippen LogP contribution in [-0.4, -0.2) is 23.8 Å². The summed E-state index contributed by atoms with van der Waals surface area (Å²) in [5.41, 5.74) is 0.614. The zero-order valence-electron chi connectivity index (χ0n) is 11.4. The molecule has 1 amide bonds. The molecule has 0 fully saturated rings. The van der Waals surface area contributed by atoms with Gasteiger partial charge in [-0.1, -0.05) is 12.1 Å². The molecular weight excluding hydrogens is 274 g/mol. The number of nitrogens with one attached hydrogen (secondary N) is 1. The molecule has 1 aromatic heterocycles. The van der Waals surface area contributed by atoms with Crippen LogP contribution in [0, 0.1) is 6.92 Å². The fourth-order valence-corrected chi connectivity index (χ4v) is 2.45. The topological polar surface area (TPSA) is 62.5 Å². The largest absolute Gasteiger partial charge is 0.464 e. The number of aliphatic hydroxyl groups excluding tert-OH is 1. The third-order valence-electron chi connectivity index (χ3n) is 2.90. The van der Waals surface area contributed by atoms with Crippen molar-refractivity contribution in [1.29, 1.82) is 0 Å². The van der Waals surface area contributed by atoms with Crippen molar-refractivity contribution in [2.45, 2.75) is 17.9 Å². The Kier molecular flexibility index (Phi) is 4.87. The van der Waals surface area contributed by atoms with E-state index in [1.165, 1.54) is 11.8 Å². The molecule has 0 radical (unpaired) electrons. The lowest BCUT2D eigenvalue weighted by Crippen LogP contribution is -2.28. The van der Waals surface area contributed by atoms with Gasteiger partial charge in [0.1, 0.15) is 17.6 Å². The Morgan fingerprint density at radius 2 is 2.10 bits per heavy atom. The van der Waals surface area contributed by atoms with E-state index in [4.69, 9.17) is 4.42 Å². The molecule has 0 unspecified atom stereocenters. The molecule has 0 saturated carbocycles. The average molecular weight is 291 g/mol. The number of carbonyl (C=O) groups is 1. The molecule has 0 aliphatic rings. The lowest BCUT2D eigenvalue weighted by Gasteiger charge is -2.11. The first-order chi connectivity index (χ1) is 9.61. The van der Waals surface area contributed by atoms with Crippen molar-refractivity contribution in [3.05, 3.63) is 53.5 Å². The second-order valence-corrected chi connectivity index (χ2v) is 5.22. The third-order valence-corrected chi connectivity index (χ3v) is 3.69. The second-order valence-electron chi connectivity index (χ2n) is 4.37. The van der Waals surface area contributed by atoms with Gasteiger partial charge in [0, 0.05) is 4.90 Å². The number of furan rings is 1. The van der Waals surface area contributed by atoms with E-state index in [1.807, 2.05) is 31.4 Å². The van der Waals surface area contributed by atoms with Crippen molar-refractivity contribution in [1.82, 2.24) is 5.32 Å². The van der Waals surface area contributed by atoms with E-state index in [2.05, 4.69) is 5.32 Å². The Balaban J connectivity index is 1.98. The number of hydrogen-bond donors (Lipinski definition) is 2. The molecule has 0 aliphatic heterocycles. The molecule has 5 heteroatoms. The lowest BCUT2D eigenvalue weighted by atomic mass is 10.2. The molecule has 4 nitrogen and oxygen atoms in total. The van der Waals surface area contributed by atoms with Crippen LogP contribution in [0.4, 0.5) is 0 Å². The molecule has 1 atom stereocenters. The molecule has 2 aromatic rings. The summed E-state index contributed by atoms with van der Waals surface area (Å²) in [6, 6.07) is 10.9. The molecular formula is C15H17NO3S. The second kappa shape index (κ2) is 6.63. The summed E-state index contributed by atoms with van der Waals surface area (Å²) in [6.07, 6.45) is 1.08. The first kappa shape index (κ1) is 14.7. The van der Waals surface area contributed by atoms with Crippen LogP contribution < -0.4 is 5.32 Å². The number of rotatable bonds is 5. The summed E-state index contributed by atoms with van der Waals surface area (Å²) < 4.78 is 5.32. The Hall–Kier alpha value is -1.72. The maximum absolute atomic E-state index is 12.1. The van der Waals surface area contributed by atoms with Gasteiger partial charge in [-0.3, -0.25) is 4.79 Å². The van der Waals surface area contributed by atoms with Gasteiger partial charge in [-0.2, -0.15) is 0 Å². The molecule has 0 saturated heterocycles. The van der Waals surface area contributed by atoms with Crippen molar-refractivity contribution in [2.75, 3.05) is 12.8 Å². The molecule has 1 aromatic carbocycles. The van der Waals surface area contributed by atoms with Gasteiger partial charge >= 0.3 is 0 Å². The van der Waals surface area contributed by atoms with Crippen LogP contribution in [0.2, 0.25) is 0 Å². The number of carbonyl (C=O) groups excluding carboxylic acids is 1. The number of amides is 1. The summed E-state index contributed by atoms with van der Waals surface area (Å²) in [4.78, 5) is 13.0. The van der Waals surface area contributed by atoms with E-state index in [0.717, 1.165) is 10.7 Å². The highest BCUT2D eigenvalue weighted by Crippen LogP contribution is 2.20. The zero-order chi connectivity index (χ0) is 14.5. The summed E-state index contributed by atoms with van der Waals surface area (Å²) in [6.45, 7) is 1.93. The van der Waals surface area contributed by atoms with Crippen molar-refractivity contribution in [2.24, 2.45) is 0 Å². The minimum atomic E-state index is -0.839. The third kappa shape index (κ3) is 3.43. The van der Waals surface area contributed by atoms with Crippen LogP contribution in [0.1, 0.15) is 28.0 Å². The molecule has 2 N–H and O–H groups in total. The SMILES string of the molecule is CSc1ccccc1C(=O)NC[C@@H](O)c1ccc(C)o1. The first-order valence-corrected chi connectivity index (χ1v) is 7.50. The van der Waals surface area contributed by atoms with Gasteiger partial charge in [0.15, 0.2) is 0 Å². The van der Waals surface area contributed by atoms with Crippen molar-refractivity contribution in [3.8, 4) is 0 Å². The van der Waals surface area contributed by atoms with Gasteiger partial charge in [-0.25, -0.2) is 0 Å². The highest BCUT2D eigenvalue weighted by Gasteiger charge is 2.15. The minimum Gasteiger partial charge on any atom is -0.464 e. The van der Waals surface area contributed by atoms with Crippen LogP contribution in [0.15, 0.2) is 45.7 Å². The van der Waals surface area contributed by atoms with Gasteiger partial charge < -0.3 is 14.8 Å². The average Bonchev–Trinajstić information content (AvgIpc) is 2.91. The molecule has 2 rings (SSSR count). The van der Waals surface area contributed by atoms with Crippen molar-refractivity contribution < 1.29 is 14.3 Å². The molecule has 0 spiro atoms. The summed E-state index contributed by atoms with van der Waals surface area (Å²) >= 11 is 1.52. The Morgan fingerprint density at radius 3 is 2.75 bits per heavy atom. The number of thioether (sulfide) groups is 1. The van der Waals surface area contributed by atoms with E-state index in [1.54, 1.807) is 18.2 Å². The quantitative estimate of drug-likeness (QED) is 0.832.